The lowest BCUT2D eigenvalue weighted by molar-refractivity contribution is 0.249. The van der Waals surface area contributed by atoms with Crippen LogP contribution in [0.1, 0.15) is 83.6 Å². The molecule has 2 aromatic carbocycles. The first kappa shape index (κ1) is 21.0. The van der Waals surface area contributed by atoms with Crippen molar-refractivity contribution in [3.8, 4) is 16.9 Å². The Morgan fingerprint density at radius 1 is 0.857 bits per heavy atom. The molecule has 0 aliphatic heterocycles. The summed E-state index contributed by atoms with van der Waals surface area (Å²) >= 11 is 0. The van der Waals surface area contributed by atoms with E-state index in [1.807, 2.05) is 0 Å². The number of unbranched alkanes of at least 4 members (excludes halogenated alkanes) is 2. The van der Waals surface area contributed by atoms with Crippen LogP contribution in [-0.4, -0.2) is 6.61 Å². The van der Waals surface area contributed by atoms with Gasteiger partial charge in [0, 0.05) is 0 Å². The van der Waals surface area contributed by atoms with Crippen LogP contribution >= 0.6 is 0 Å². The van der Waals surface area contributed by atoms with Gasteiger partial charge in [-0.1, -0.05) is 89.3 Å². The van der Waals surface area contributed by atoms with Gasteiger partial charge in [0.2, 0.25) is 0 Å². The van der Waals surface area contributed by atoms with Gasteiger partial charge < -0.3 is 4.74 Å². The van der Waals surface area contributed by atoms with Gasteiger partial charge in [-0.15, -0.1) is 0 Å². The molecule has 0 bridgehead atoms. The Labute approximate surface area is 172 Å². The second-order valence-electron chi connectivity index (χ2n) is 9.02. The minimum absolute atomic E-state index is 0.626. The monoisotopic (exact) mass is 378 g/mol. The Hall–Kier alpha value is -1.76. The van der Waals surface area contributed by atoms with Crippen LogP contribution in [0.4, 0.5) is 0 Å². The highest BCUT2D eigenvalue weighted by Gasteiger charge is 2.19. The number of rotatable bonds is 9. The Balaban J connectivity index is 1.52. The molecule has 1 aliphatic carbocycles. The van der Waals surface area contributed by atoms with E-state index < -0.39 is 0 Å². The standard InChI is InChI=1S/C27H38O/c1-4-5-6-7-22(3)20-28-27-18-16-26(17-19-27)25-14-12-24(13-15-25)23-10-8-21(2)9-11-23/h12-19,21-23H,4-11,20H2,1-3H3. The van der Waals surface area contributed by atoms with E-state index in [-0.39, 0.29) is 0 Å². The van der Waals surface area contributed by atoms with Crippen molar-refractivity contribution in [2.24, 2.45) is 11.8 Å². The van der Waals surface area contributed by atoms with E-state index in [1.165, 1.54) is 68.1 Å². The number of hydrogen-bond donors (Lipinski definition) is 0. The first-order valence-electron chi connectivity index (χ1n) is 11.5. The van der Waals surface area contributed by atoms with E-state index in [9.17, 15) is 0 Å². The van der Waals surface area contributed by atoms with Gasteiger partial charge in [0.05, 0.1) is 6.61 Å². The fourth-order valence-corrected chi connectivity index (χ4v) is 4.35. The van der Waals surface area contributed by atoms with Crippen LogP contribution in [0.3, 0.4) is 0 Å². The second-order valence-corrected chi connectivity index (χ2v) is 9.02. The quantitative estimate of drug-likeness (QED) is 0.399. The SMILES string of the molecule is CCCCCC(C)COc1ccc(-c2ccc(C3CCC(C)CC3)cc2)cc1. The summed E-state index contributed by atoms with van der Waals surface area (Å²) in [6.45, 7) is 7.75. The van der Waals surface area contributed by atoms with Crippen LogP contribution < -0.4 is 4.74 Å². The van der Waals surface area contributed by atoms with Crippen molar-refractivity contribution < 1.29 is 4.74 Å². The molecular weight excluding hydrogens is 340 g/mol. The Bertz CT molecular complexity index is 677. The molecule has 2 aromatic rings. The van der Waals surface area contributed by atoms with E-state index in [0.29, 0.717) is 5.92 Å². The lowest BCUT2D eigenvalue weighted by Crippen LogP contribution is -2.10. The molecule has 0 heterocycles. The average Bonchev–Trinajstić information content (AvgIpc) is 2.74. The van der Waals surface area contributed by atoms with Crippen molar-refractivity contribution in [1.82, 2.24) is 0 Å². The van der Waals surface area contributed by atoms with Gasteiger partial charge in [0.15, 0.2) is 0 Å². The molecule has 0 spiro atoms. The van der Waals surface area contributed by atoms with Crippen molar-refractivity contribution in [1.29, 1.82) is 0 Å². The highest BCUT2D eigenvalue weighted by Crippen LogP contribution is 2.36. The summed E-state index contributed by atoms with van der Waals surface area (Å²) in [6, 6.07) is 17.9. The molecule has 1 aliphatic rings. The molecule has 1 saturated carbocycles. The van der Waals surface area contributed by atoms with E-state index in [2.05, 4.69) is 69.3 Å². The summed E-state index contributed by atoms with van der Waals surface area (Å²) in [5.41, 5.74) is 4.09. The third-order valence-corrected chi connectivity index (χ3v) is 6.42. The van der Waals surface area contributed by atoms with Crippen LogP contribution in [0.2, 0.25) is 0 Å². The highest BCUT2D eigenvalue weighted by molar-refractivity contribution is 5.64. The van der Waals surface area contributed by atoms with E-state index in [4.69, 9.17) is 4.74 Å². The molecule has 0 aromatic heterocycles. The molecule has 0 amide bonds. The van der Waals surface area contributed by atoms with Crippen molar-refractivity contribution in [3.63, 3.8) is 0 Å². The number of hydrogen-bond acceptors (Lipinski definition) is 1. The van der Waals surface area contributed by atoms with Gasteiger partial charge in [-0.3, -0.25) is 0 Å². The molecule has 1 atom stereocenters. The first-order valence-corrected chi connectivity index (χ1v) is 11.5. The molecule has 28 heavy (non-hydrogen) atoms. The number of benzene rings is 2. The third-order valence-electron chi connectivity index (χ3n) is 6.42. The van der Waals surface area contributed by atoms with Gasteiger partial charge in [-0.2, -0.15) is 0 Å². The van der Waals surface area contributed by atoms with Gasteiger partial charge in [-0.05, 0) is 65.8 Å². The second kappa shape index (κ2) is 10.7. The minimum Gasteiger partial charge on any atom is -0.493 e. The van der Waals surface area contributed by atoms with E-state index >= 15 is 0 Å². The van der Waals surface area contributed by atoms with Crippen LogP contribution in [0.5, 0.6) is 5.75 Å². The van der Waals surface area contributed by atoms with Gasteiger partial charge >= 0.3 is 0 Å². The van der Waals surface area contributed by atoms with Crippen LogP contribution in [0, 0.1) is 11.8 Å². The predicted molar refractivity (Wildman–Crippen MR) is 121 cm³/mol. The van der Waals surface area contributed by atoms with Gasteiger partial charge in [0.25, 0.3) is 0 Å². The summed E-state index contributed by atoms with van der Waals surface area (Å²) in [6.07, 6.45) is 10.7. The smallest absolute Gasteiger partial charge is 0.119 e. The maximum Gasteiger partial charge on any atom is 0.119 e. The predicted octanol–water partition coefficient (Wildman–Crippen LogP) is 8.24. The molecule has 0 N–H and O–H groups in total. The van der Waals surface area contributed by atoms with Crippen molar-refractivity contribution in [2.75, 3.05) is 6.61 Å². The van der Waals surface area contributed by atoms with Gasteiger partial charge in [0.1, 0.15) is 5.75 Å². The van der Waals surface area contributed by atoms with E-state index in [0.717, 1.165) is 24.2 Å². The molecule has 0 saturated heterocycles. The van der Waals surface area contributed by atoms with Gasteiger partial charge in [-0.25, -0.2) is 0 Å². The molecule has 152 valence electrons. The molecule has 3 rings (SSSR count). The summed E-state index contributed by atoms with van der Waals surface area (Å²) < 4.78 is 6.00. The highest BCUT2D eigenvalue weighted by atomic mass is 16.5. The Morgan fingerprint density at radius 3 is 2.07 bits per heavy atom. The third kappa shape index (κ3) is 6.12. The maximum absolute atomic E-state index is 6.00. The largest absolute Gasteiger partial charge is 0.493 e. The van der Waals surface area contributed by atoms with Crippen molar-refractivity contribution in [3.05, 3.63) is 54.1 Å². The van der Waals surface area contributed by atoms with E-state index in [1.54, 1.807) is 0 Å². The summed E-state index contributed by atoms with van der Waals surface area (Å²) in [5, 5.41) is 0. The lowest BCUT2D eigenvalue weighted by atomic mass is 9.79. The zero-order chi connectivity index (χ0) is 19.8. The Kier molecular flexibility index (Phi) is 8.01. The zero-order valence-corrected chi connectivity index (χ0v) is 18.1. The molecule has 1 fully saturated rings. The summed E-state index contributed by atoms with van der Waals surface area (Å²) in [5.74, 6) is 3.29. The number of ether oxygens (including phenoxy) is 1. The van der Waals surface area contributed by atoms with Crippen molar-refractivity contribution in [2.45, 2.75) is 78.1 Å². The minimum atomic E-state index is 0.626. The fourth-order valence-electron chi connectivity index (χ4n) is 4.35. The Morgan fingerprint density at radius 2 is 1.46 bits per heavy atom. The van der Waals surface area contributed by atoms with Crippen molar-refractivity contribution >= 4 is 0 Å². The molecule has 1 nitrogen and oxygen atoms in total. The summed E-state index contributed by atoms with van der Waals surface area (Å²) in [4.78, 5) is 0. The molecule has 1 unspecified atom stereocenters. The summed E-state index contributed by atoms with van der Waals surface area (Å²) in [7, 11) is 0. The fraction of sp³-hybridized carbons (Fsp3) is 0.556. The van der Waals surface area contributed by atoms with Crippen LogP contribution in [0.25, 0.3) is 11.1 Å². The lowest BCUT2D eigenvalue weighted by Gasteiger charge is -2.26. The topological polar surface area (TPSA) is 9.23 Å². The molecule has 1 heteroatoms. The van der Waals surface area contributed by atoms with Crippen LogP contribution in [0.15, 0.2) is 48.5 Å². The average molecular weight is 379 g/mol. The first-order chi connectivity index (χ1) is 13.7. The molecule has 0 radical (unpaired) electrons. The van der Waals surface area contributed by atoms with Crippen LogP contribution in [-0.2, 0) is 0 Å². The maximum atomic E-state index is 6.00. The normalized spacial score (nSPS) is 20.7. The zero-order valence-electron chi connectivity index (χ0n) is 18.1. The molecular formula is C27H38O.